The van der Waals surface area contributed by atoms with E-state index in [2.05, 4.69) is 10.3 Å². The maximum absolute atomic E-state index is 8.65. The lowest BCUT2D eigenvalue weighted by Gasteiger charge is -2.05. The third-order valence-electron chi connectivity index (χ3n) is 2.51. The van der Waals surface area contributed by atoms with Crippen LogP contribution in [0.4, 0.5) is 5.82 Å². The molecule has 0 aliphatic heterocycles. The Morgan fingerprint density at radius 3 is 2.80 bits per heavy atom. The molecule has 0 unspecified atom stereocenters. The minimum Gasteiger partial charge on any atom is -0.464 e. The molecule has 0 bridgehead atoms. The molecular weight excluding hydrogens is 266 g/mol. The molecule has 110 valence electrons. The number of nitrogens with zero attached hydrogens (tertiary/aromatic N) is 2. The number of pyridine rings is 1. The second-order valence-corrected chi connectivity index (χ2v) is 3.94. The maximum atomic E-state index is 8.65. The van der Waals surface area contributed by atoms with Gasteiger partial charge in [-0.25, -0.2) is 4.98 Å². The van der Waals surface area contributed by atoms with Crippen molar-refractivity contribution in [2.75, 3.05) is 18.5 Å². The number of aliphatic hydroxyl groups excluding tert-OH is 1. The molecule has 20 heavy (non-hydrogen) atoms. The molecule has 8 nitrogen and oxygen atoms in total. The van der Waals surface area contributed by atoms with E-state index in [1.54, 1.807) is 12.5 Å². The lowest BCUT2D eigenvalue weighted by molar-refractivity contribution is -0.742. The number of unbranched alkanes of at least 4 members (excludes halogenated alkanes) is 2. The fourth-order valence-electron chi connectivity index (χ4n) is 1.66. The third-order valence-corrected chi connectivity index (χ3v) is 2.51. The van der Waals surface area contributed by atoms with E-state index in [0.717, 1.165) is 42.6 Å². The fraction of sp³-hybridized carbons (Fsp3) is 0.417. The van der Waals surface area contributed by atoms with Crippen molar-refractivity contribution in [2.45, 2.75) is 19.3 Å². The van der Waals surface area contributed by atoms with Gasteiger partial charge in [0.25, 0.3) is 5.09 Å². The molecule has 0 atom stereocenters. The second kappa shape index (κ2) is 8.70. The molecule has 2 aromatic rings. The predicted octanol–water partition coefficient (Wildman–Crippen LogP) is 2.05. The van der Waals surface area contributed by atoms with Crippen LogP contribution in [-0.2, 0) is 0 Å². The highest BCUT2D eigenvalue weighted by molar-refractivity contribution is 5.87. The smallest absolute Gasteiger partial charge is 0.291 e. The molecule has 0 fully saturated rings. The number of rotatable bonds is 6. The summed E-state index contributed by atoms with van der Waals surface area (Å²) in [7, 11) is 0. The summed E-state index contributed by atoms with van der Waals surface area (Å²) >= 11 is 0. The predicted molar refractivity (Wildman–Crippen MR) is 72.2 cm³/mol. The van der Waals surface area contributed by atoms with Gasteiger partial charge in [0.15, 0.2) is 0 Å². The van der Waals surface area contributed by atoms with Gasteiger partial charge in [-0.2, -0.15) is 0 Å². The van der Waals surface area contributed by atoms with Crippen molar-refractivity contribution in [3.8, 4) is 0 Å². The SMILES string of the molecule is O=[N+]([O-])O.OCCCCCNc1nccc2occc12. The largest absolute Gasteiger partial charge is 0.464 e. The topological polar surface area (TPSA) is 122 Å². The standard InChI is InChI=1S/C12H16N2O2.HNO3/c15-8-3-1-2-6-13-12-10-5-9-16-11(10)4-7-14-12;2-1(3)4/h4-5,7,9,15H,1-3,6,8H2,(H,13,14);(H,2,3,4). The number of aliphatic hydroxyl groups is 1. The minimum absolute atomic E-state index is 0.273. The monoisotopic (exact) mass is 283 g/mol. The van der Waals surface area contributed by atoms with Crippen molar-refractivity contribution >= 4 is 16.8 Å². The number of nitrogens with one attached hydrogen (secondary N) is 1. The van der Waals surface area contributed by atoms with E-state index in [9.17, 15) is 0 Å². The first kappa shape index (κ1) is 15.7. The molecule has 0 spiro atoms. The van der Waals surface area contributed by atoms with Crippen LogP contribution in [0.5, 0.6) is 0 Å². The first-order valence-corrected chi connectivity index (χ1v) is 6.15. The molecule has 0 aliphatic rings. The molecule has 0 amide bonds. The Kier molecular flexibility index (Phi) is 6.83. The van der Waals surface area contributed by atoms with Crippen molar-refractivity contribution in [2.24, 2.45) is 0 Å². The molecule has 0 aromatic carbocycles. The first-order valence-electron chi connectivity index (χ1n) is 6.15. The van der Waals surface area contributed by atoms with Crippen molar-refractivity contribution < 1.29 is 19.8 Å². The summed E-state index contributed by atoms with van der Waals surface area (Å²) in [5, 5.41) is 26.6. The van der Waals surface area contributed by atoms with Gasteiger partial charge in [0.2, 0.25) is 0 Å². The average molecular weight is 283 g/mol. The molecule has 2 aromatic heterocycles. The number of hydrogen-bond donors (Lipinski definition) is 3. The van der Waals surface area contributed by atoms with E-state index in [-0.39, 0.29) is 6.61 Å². The van der Waals surface area contributed by atoms with Crippen LogP contribution in [0, 0.1) is 10.1 Å². The zero-order valence-electron chi connectivity index (χ0n) is 10.9. The van der Waals surface area contributed by atoms with E-state index in [0.29, 0.717) is 0 Å². The van der Waals surface area contributed by atoms with Crippen LogP contribution in [0.3, 0.4) is 0 Å². The van der Waals surface area contributed by atoms with Crippen LogP contribution >= 0.6 is 0 Å². The van der Waals surface area contributed by atoms with Gasteiger partial charge in [-0.3, -0.25) is 0 Å². The van der Waals surface area contributed by atoms with Crippen molar-refractivity contribution in [1.29, 1.82) is 0 Å². The average Bonchev–Trinajstić information content (AvgIpc) is 2.87. The lowest BCUT2D eigenvalue weighted by atomic mass is 10.2. The Hall–Kier alpha value is -2.35. The minimum atomic E-state index is -1.50. The summed E-state index contributed by atoms with van der Waals surface area (Å²) in [6.07, 6.45) is 6.34. The Morgan fingerprint density at radius 1 is 1.35 bits per heavy atom. The highest BCUT2D eigenvalue weighted by atomic mass is 16.9. The van der Waals surface area contributed by atoms with Crippen LogP contribution in [0.25, 0.3) is 11.0 Å². The van der Waals surface area contributed by atoms with Crippen molar-refractivity contribution in [3.63, 3.8) is 0 Å². The van der Waals surface area contributed by atoms with E-state index >= 15 is 0 Å². The summed E-state index contributed by atoms with van der Waals surface area (Å²) in [4.78, 5) is 12.6. The van der Waals surface area contributed by atoms with Gasteiger partial charge in [0.1, 0.15) is 11.4 Å². The molecular formula is C12H17N3O5. The summed E-state index contributed by atoms with van der Waals surface area (Å²) in [5.41, 5.74) is 0.854. The molecule has 0 aliphatic carbocycles. The highest BCUT2D eigenvalue weighted by Crippen LogP contribution is 2.21. The fourth-order valence-corrected chi connectivity index (χ4v) is 1.66. The van der Waals surface area contributed by atoms with Crippen molar-refractivity contribution in [3.05, 3.63) is 34.7 Å². The van der Waals surface area contributed by atoms with Gasteiger partial charge < -0.3 is 20.0 Å². The van der Waals surface area contributed by atoms with E-state index < -0.39 is 5.09 Å². The molecule has 2 rings (SSSR count). The number of furan rings is 1. The second-order valence-electron chi connectivity index (χ2n) is 3.94. The van der Waals surface area contributed by atoms with E-state index in [4.69, 9.17) is 24.8 Å². The van der Waals surface area contributed by atoms with E-state index in [1.807, 2.05) is 12.1 Å². The quantitative estimate of drug-likeness (QED) is 0.421. The number of aromatic nitrogens is 1. The highest BCUT2D eigenvalue weighted by Gasteiger charge is 2.03. The zero-order chi connectivity index (χ0) is 14.8. The first-order chi connectivity index (χ1) is 9.65. The molecule has 3 N–H and O–H groups in total. The van der Waals surface area contributed by atoms with Gasteiger partial charge in [-0.15, -0.1) is 10.1 Å². The molecule has 0 saturated heterocycles. The Balaban J connectivity index is 0.000000444. The van der Waals surface area contributed by atoms with Crippen LogP contribution in [-0.4, -0.2) is 33.5 Å². The van der Waals surface area contributed by atoms with Crippen LogP contribution < -0.4 is 5.32 Å². The zero-order valence-corrected chi connectivity index (χ0v) is 10.9. The molecule has 2 heterocycles. The number of hydrogen-bond acceptors (Lipinski definition) is 6. The lowest BCUT2D eigenvalue weighted by Crippen LogP contribution is -2.03. The number of anilines is 1. The van der Waals surface area contributed by atoms with Gasteiger partial charge >= 0.3 is 0 Å². The van der Waals surface area contributed by atoms with Crippen LogP contribution in [0.2, 0.25) is 0 Å². The molecule has 0 radical (unpaired) electrons. The van der Waals surface area contributed by atoms with Crippen molar-refractivity contribution in [1.82, 2.24) is 4.98 Å². The summed E-state index contributed by atoms with van der Waals surface area (Å²) in [6, 6.07) is 3.77. The van der Waals surface area contributed by atoms with Gasteiger partial charge in [0, 0.05) is 19.3 Å². The normalized spacial score (nSPS) is 9.85. The Morgan fingerprint density at radius 2 is 2.10 bits per heavy atom. The van der Waals surface area contributed by atoms with Gasteiger partial charge in [-0.05, 0) is 31.4 Å². The number of fused-ring (bicyclic) bond motifs is 1. The van der Waals surface area contributed by atoms with E-state index in [1.165, 1.54) is 0 Å². The van der Waals surface area contributed by atoms with Crippen LogP contribution in [0.15, 0.2) is 29.0 Å². The maximum Gasteiger partial charge on any atom is 0.291 e. The molecule has 0 saturated carbocycles. The molecule has 8 heteroatoms. The summed E-state index contributed by atoms with van der Waals surface area (Å²) < 4.78 is 5.29. The summed E-state index contributed by atoms with van der Waals surface area (Å²) in [5.74, 6) is 0.871. The third kappa shape index (κ3) is 5.53. The van der Waals surface area contributed by atoms with Gasteiger partial charge in [0.05, 0.1) is 11.6 Å². The Labute approximate surface area is 115 Å². The summed E-state index contributed by atoms with van der Waals surface area (Å²) in [6.45, 7) is 1.15. The van der Waals surface area contributed by atoms with Crippen LogP contribution in [0.1, 0.15) is 19.3 Å². The van der Waals surface area contributed by atoms with Gasteiger partial charge in [-0.1, -0.05) is 0 Å². The Bertz CT molecular complexity index is 525.